The van der Waals surface area contributed by atoms with E-state index < -0.39 is 0 Å². The molecule has 1 aliphatic carbocycles. The molecule has 5 nitrogen and oxygen atoms in total. The van der Waals surface area contributed by atoms with Gasteiger partial charge in [-0.2, -0.15) is 0 Å². The SMILES string of the molecule is CN(Cc1nc2ccsc2c(=O)[nH]1)C1CCC(=O)CC1. The van der Waals surface area contributed by atoms with Crippen LogP contribution in [0.5, 0.6) is 0 Å². The molecule has 3 rings (SSSR count). The Hall–Kier alpha value is -1.53. The van der Waals surface area contributed by atoms with Gasteiger partial charge in [0, 0.05) is 18.9 Å². The van der Waals surface area contributed by atoms with Crippen molar-refractivity contribution in [2.45, 2.75) is 38.3 Å². The normalized spacial score (nSPS) is 17.2. The molecule has 0 radical (unpaired) electrons. The zero-order valence-corrected chi connectivity index (χ0v) is 12.2. The molecule has 0 atom stereocenters. The van der Waals surface area contributed by atoms with E-state index in [-0.39, 0.29) is 5.56 Å². The third-order valence-electron chi connectivity index (χ3n) is 3.90. The minimum absolute atomic E-state index is 0.0628. The van der Waals surface area contributed by atoms with Crippen molar-refractivity contribution in [1.82, 2.24) is 14.9 Å². The molecule has 0 aliphatic heterocycles. The highest BCUT2D eigenvalue weighted by Crippen LogP contribution is 2.21. The number of thiophene rings is 1. The Morgan fingerprint density at radius 2 is 2.15 bits per heavy atom. The van der Waals surface area contributed by atoms with Crippen molar-refractivity contribution in [3.8, 4) is 0 Å². The largest absolute Gasteiger partial charge is 0.308 e. The van der Waals surface area contributed by atoms with Gasteiger partial charge >= 0.3 is 0 Å². The molecule has 2 heterocycles. The summed E-state index contributed by atoms with van der Waals surface area (Å²) in [6.07, 6.45) is 3.14. The molecule has 1 saturated carbocycles. The predicted octanol–water partition coefficient (Wildman–Crippen LogP) is 1.93. The highest BCUT2D eigenvalue weighted by atomic mass is 32.1. The van der Waals surface area contributed by atoms with E-state index in [4.69, 9.17) is 0 Å². The molecule has 0 saturated heterocycles. The van der Waals surface area contributed by atoms with Crippen LogP contribution in [0, 0.1) is 0 Å². The van der Waals surface area contributed by atoms with E-state index in [1.165, 1.54) is 11.3 Å². The number of Topliss-reactive ketones (excluding diaryl/α,β-unsaturated/α-hetero) is 1. The van der Waals surface area contributed by atoms with Gasteiger partial charge in [-0.15, -0.1) is 11.3 Å². The van der Waals surface area contributed by atoms with Gasteiger partial charge < -0.3 is 4.98 Å². The van der Waals surface area contributed by atoms with Crippen molar-refractivity contribution in [3.63, 3.8) is 0 Å². The zero-order chi connectivity index (χ0) is 14.1. The molecule has 106 valence electrons. The van der Waals surface area contributed by atoms with Gasteiger partial charge in [0.15, 0.2) is 0 Å². The van der Waals surface area contributed by atoms with Crippen LogP contribution in [0.3, 0.4) is 0 Å². The van der Waals surface area contributed by atoms with Gasteiger partial charge in [-0.05, 0) is 31.3 Å². The molecule has 2 aromatic rings. The van der Waals surface area contributed by atoms with E-state index in [0.29, 0.717) is 41.7 Å². The highest BCUT2D eigenvalue weighted by molar-refractivity contribution is 7.17. The lowest BCUT2D eigenvalue weighted by molar-refractivity contribution is -0.121. The maximum Gasteiger partial charge on any atom is 0.268 e. The first kappa shape index (κ1) is 13.5. The van der Waals surface area contributed by atoms with Crippen LogP contribution >= 0.6 is 11.3 Å². The predicted molar refractivity (Wildman–Crippen MR) is 79.0 cm³/mol. The molecule has 0 amide bonds. The number of carbonyl (C=O) groups excluding carboxylic acids is 1. The van der Waals surface area contributed by atoms with Crippen LogP contribution in [0.2, 0.25) is 0 Å². The standard InChI is InChI=1S/C14H17N3O2S/c1-17(9-2-4-10(18)5-3-9)8-12-15-11-6-7-20-13(11)14(19)16-12/h6-7,9H,2-5,8H2,1H3,(H,15,16,19). The summed E-state index contributed by atoms with van der Waals surface area (Å²) >= 11 is 1.41. The van der Waals surface area contributed by atoms with E-state index in [9.17, 15) is 9.59 Å². The quantitative estimate of drug-likeness (QED) is 0.938. The number of hydrogen-bond donors (Lipinski definition) is 1. The third-order valence-corrected chi connectivity index (χ3v) is 4.80. The van der Waals surface area contributed by atoms with Gasteiger partial charge in [0.25, 0.3) is 5.56 Å². The molecule has 20 heavy (non-hydrogen) atoms. The molecule has 0 aromatic carbocycles. The molecule has 6 heteroatoms. The summed E-state index contributed by atoms with van der Waals surface area (Å²) in [5.41, 5.74) is 0.702. The van der Waals surface area contributed by atoms with Crippen molar-refractivity contribution in [2.24, 2.45) is 0 Å². The molecule has 0 bridgehead atoms. The number of nitrogens with zero attached hydrogens (tertiary/aromatic N) is 2. The maximum absolute atomic E-state index is 11.9. The van der Waals surface area contributed by atoms with Gasteiger partial charge in [0.2, 0.25) is 0 Å². The van der Waals surface area contributed by atoms with Crippen molar-refractivity contribution in [3.05, 3.63) is 27.6 Å². The molecule has 0 unspecified atom stereocenters. The lowest BCUT2D eigenvalue weighted by Crippen LogP contribution is -2.35. The lowest BCUT2D eigenvalue weighted by atomic mass is 9.93. The van der Waals surface area contributed by atoms with Crippen LogP contribution in [0.15, 0.2) is 16.2 Å². The van der Waals surface area contributed by atoms with Gasteiger partial charge in [-0.1, -0.05) is 0 Å². The summed E-state index contributed by atoms with van der Waals surface area (Å²) in [5, 5.41) is 1.88. The Bertz CT molecular complexity index is 681. The fourth-order valence-electron chi connectivity index (χ4n) is 2.73. The topological polar surface area (TPSA) is 66.1 Å². The molecule has 1 fully saturated rings. The Morgan fingerprint density at radius 1 is 1.40 bits per heavy atom. The van der Waals surface area contributed by atoms with Gasteiger partial charge in [-0.3, -0.25) is 14.5 Å². The fourth-order valence-corrected chi connectivity index (χ4v) is 3.45. The second-order valence-corrected chi connectivity index (χ2v) is 6.25. The molecule has 1 aliphatic rings. The first-order chi connectivity index (χ1) is 9.63. The van der Waals surface area contributed by atoms with Gasteiger partial charge in [0.1, 0.15) is 16.3 Å². The van der Waals surface area contributed by atoms with E-state index in [1.54, 1.807) is 0 Å². The van der Waals surface area contributed by atoms with Gasteiger partial charge in [-0.25, -0.2) is 4.98 Å². The van der Waals surface area contributed by atoms with E-state index in [1.807, 2.05) is 18.5 Å². The van der Waals surface area contributed by atoms with E-state index in [0.717, 1.165) is 18.4 Å². The van der Waals surface area contributed by atoms with Crippen LogP contribution < -0.4 is 5.56 Å². The first-order valence-corrected chi connectivity index (χ1v) is 7.70. The number of ketones is 1. The average molecular weight is 291 g/mol. The summed E-state index contributed by atoms with van der Waals surface area (Å²) in [4.78, 5) is 32.7. The molecule has 2 aromatic heterocycles. The van der Waals surface area contributed by atoms with Crippen LogP contribution in [0.1, 0.15) is 31.5 Å². The minimum atomic E-state index is -0.0628. The Labute approximate surface area is 120 Å². The summed E-state index contributed by atoms with van der Waals surface area (Å²) in [6, 6.07) is 2.27. The molecular weight excluding hydrogens is 274 g/mol. The van der Waals surface area contributed by atoms with E-state index in [2.05, 4.69) is 14.9 Å². The molecule has 0 spiro atoms. The summed E-state index contributed by atoms with van der Waals surface area (Å²) in [6.45, 7) is 0.611. The van der Waals surface area contributed by atoms with Crippen molar-refractivity contribution in [2.75, 3.05) is 7.05 Å². The average Bonchev–Trinajstić information content (AvgIpc) is 2.88. The minimum Gasteiger partial charge on any atom is -0.308 e. The van der Waals surface area contributed by atoms with Crippen LogP contribution in [0.25, 0.3) is 10.2 Å². The fraction of sp³-hybridized carbons (Fsp3) is 0.500. The zero-order valence-electron chi connectivity index (χ0n) is 11.4. The van der Waals surface area contributed by atoms with E-state index >= 15 is 0 Å². The maximum atomic E-state index is 11.9. The summed E-state index contributed by atoms with van der Waals surface area (Å²) in [7, 11) is 2.03. The number of H-pyrrole nitrogens is 1. The number of rotatable bonds is 3. The number of carbonyl (C=O) groups is 1. The number of fused-ring (bicyclic) bond motifs is 1. The second kappa shape index (κ2) is 5.46. The Morgan fingerprint density at radius 3 is 2.90 bits per heavy atom. The summed E-state index contributed by atoms with van der Waals surface area (Å²) < 4.78 is 0.680. The second-order valence-electron chi connectivity index (χ2n) is 5.33. The smallest absolute Gasteiger partial charge is 0.268 e. The lowest BCUT2D eigenvalue weighted by Gasteiger charge is -2.30. The van der Waals surface area contributed by atoms with Crippen LogP contribution in [-0.2, 0) is 11.3 Å². The van der Waals surface area contributed by atoms with Crippen molar-refractivity contribution in [1.29, 1.82) is 0 Å². The van der Waals surface area contributed by atoms with Crippen molar-refractivity contribution < 1.29 is 4.79 Å². The van der Waals surface area contributed by atoms with Crippen LogP contribution in [0.4, 0.5) is 0 Å². The first-order valence-electron chi connectivity index (χ1n) is 6.82. The molecule has 1 N–H and O–H groups in total. The number of nitrogens with one attached hydrogen (secondary N) is 1. The van der Waals surface area contributed by atoms with Gasteiger partial charge in [0.05, 0.1) is 12.1 Å². The Balaban J connectivity index is 1.75. The number of aromatic amines is 1. The monoisotopic (exact) mass is 291 g/mol. The summed E-state index contributed by atoms with van der Waals surface area (Å²) in [5.74, 6) is 1.06. The van der Waals surface area contributed by atoms with Crippen molar-refractivity contribution >= 4 is 27.3 Å². The Kier molecular flexibility index (Phi) is 3.67. The van der Waals surface area contributed by atoms with Crippen LogP contribution in [-0.4, -0.2) is 33.7 Å². The number of aromatic nitrogens is 2. The number of hydrogen-bond acceptors (Lipinski definition) is 5. The molecular formula is C14H17N3O2S. The third kappa shape index (κ3) is 2.66. The highest BCUT2D eigenvalue weighted by Gasteiger charge is 2.22.